The van der Waals surface area contributed by atoms with E-state index in [0.717, 1.165) is 0 Å². The standard InChI is InChI=1S/C16H11ClN2O4/c1-19-15(20)10(8-18)6-11-3-5-14(23-11)9-2-4-12(16(21)22)13(17)7-9/h2-7H,1H3,(H,19,20)(H,21,22)/b10-6+. The van der Waals surface area contributed by atoms with Crippen LogP contribution in [0.1, 0.15) is 16.1 Å². The zero-order valence-corrected chi connectivity index (χ0v) is 12.7. The maximum absolute atomic E-state index is 11.5. The number of hydrogen-bond acceptors (Lipinski definition) is 4. The summed E-state index contributed by atoms with van der Waals surface area (Å²) < 4.78 is 5.54. The molecule has 0 saturated heterocycles. The summed E-state index contributed by atoms with van der Waals surface area (Å²) >= 11 is 5.92. The Hall–Kier alpha value is -3.04. The van der Waals surface area contributed by atoms with Crippen molar-refractivity contribution in [3.8, 4) is 17.4 Å². The normalized spacial score (nSPS) is 10.9. The monoisotopic (exact) mass is 330 g/mol. The smallest absolute Gasteiger partial charge is 0.337 e. The molecule has 2 rings (SSSR count). The average molecular weight is 331 g/mol. The van der Waals surface area contributed by atoms with Gasteiger partial charge in [-0.25, -0.2) is 4.79 Å². The molecule has 1 aromatic heterocycles. The molecule has 0 fully saturated rings. The topological polar surface area (TPSA) is 103 Å². The van der Waals surface area contributed by atoms with E-state index in [9.17, 15) is 9.59 Å². The minimum Gasteiger partial charge on any atom is -0.478 e. The van der Waals surface area contributed by atoms with Crippen LogP contribution < -0.4 is 5.32 Å². The fraction of sp³-hybridized carbons (Fsp3) is 0.0625. The van der Waals surface area contributed by atoms with E-state index in [1.54, 1.807) is 24.3 Å². The third-order valence-corrected chi connectivity index (χ3v) is 3.30. The van der Waals surface area contributed by atoms with Crippen LogP contribution in [0.4, 0.5) is 0 Å². The Bertz CT molecular complexity index is 846. The summed E-state index contributed by atoms with van der Waals surface area (Å²) in [4.78, 5) is 22.4. The highest BCUT2D eigenvalue weighted by Crippen LogP contribution is 2.28. The summed E-state index contributed by atoms with van der Waals surface area (Å²) in [7, 11) is 1.42. The third-order valence-electron chi connectivity index (χ3n) is 2.99. The van der Waals surface area contributed by atoms with E-state index < -0.39 is 11.9 Å². The van der Waals surface area contributed by atoms with Gasteiger partial charge in [-0.1, -0.05) is 17.7 Å². The molecule has 6 nitrogen and oxygen atoms in total. The number of amides is 1. The number of likely N-dealkylation sites (N-methyl/N-ethyl adjacent to an activating group) is 1. The summed E-state index contributed by atoms with van der Waals surface area (Å²) in [5.74, 6) is -0.879. The lowest BCUT2D eigenvalue weighted by Crippen LogP contribution is -2.18. The van der Waals surface area contributed by atoms with Crippen LogP contribution in [-0.4, -0.2) is 24.0 Å². The summed E-state index contributed by atoms with van der Waals surface area (Å²) in [6.45, 7) is 0. The molecule has 1 heterocycles. The molecule has 0 aliphatic carbocycles. The Labute approximate surface area is 136 Å². The highest BCUT2D eigenvalue weighted by molar-refractivity contribution is 6.33. The first-order valence-corrected chi connectivity index (χ1v) is 6.81. The van der Waals surface area contributed by atoms with E-state index >= 15 is 0 Å². The van der Waals surface area contributed by atoms with E-state index in [1.807, 2.05) is 0 Å². The number of hydrogen-bond donors (Lipinski definition) is 2. The molecule has 0 saturated carbocycles. The predicted octanol–water partition coefficient (Wildman–Crippen LogP) is 2.95. The Morgan fingerprint density at radius 1 is 1.35 bits per heavy atom. The number of nitrogens with one attached hydrogen (secondary N) is 1. The second kappa shape index (κ2) is 6.81. The van der Waals surface area contributed by atoms with Gasteiger partial charge in [-0.15, -0.1) is 0 Å². The minimum atomic E-state index is -1.12. The van der Waals surface area contributed by atoms with Crippen molar-refractivity contribution in [2.75, 3.05) is 7.05 Å². The van der Waals surface area contributed by atoms with E-state index in [1.165, 1.54) is 25.3 Å². The van der Waals surface area contributed by atoms with Crippen molar-refractivity contribution < 1.29 is 19.1 Å². The molecular formula is C16H11ClN2O4. The molecule has 0 atom stereocenters. The SMILES string of the molecule is CNC(=O)/C(C#N)=C/c1ccc(-c2ccc(C(=O)O)c(Cl)c2)o1. The number of furan rings is 1. The lowest BCUT2D eigenvalue weighted by atomic mass is 10.1. The molecule has 0 aliphatic heterocycles. The summed E-state index contributed by atoms with van der Waals surface area (Å²) in [6, 6.07) is 9.42. The highest BCUT2D eigenvalue weighted by Gasteiger charge is 2.12. The number of halogens is 1. The van der Waals surface area contributed by atoms with Gasteiger partial charge in [-0.2, -0.15) is 5.26 Å². The van der Waals surface area contributed by atoms with Gasteiger partial charge in [0.25, 0.3) is 5.91 Å². The van der Waals surface area contributed by atoms with Gasteiger partial charge in [0.2, 0.25) is 0 Å². The molecule has 2 N–H and O–H groups in total. The number of aromatic carboxylic acids is 1. The van der Waals surface area contributed by atoms with Crippen LogP contribution in [0.3, 0.4) is 0 Å². The molecule has 0 aliphatic rings. The fourth-order valence-electron chi connectivity index (χ4n) is 1.85. The van der Waals surface area contributed by atoms with Gasteiger partial charge in [0.1, 0.15) is 23.2 Å². The molecule has 7 heteroatoms. The first-order valence-electron chi connectivity index (χ1n) is 6.43. The van der Waals surface area contributed by atoms with Gasteiger partial charge >= 0.3 is 5.97 Å². The van der Waals surface area contributed by atoms with Crippen LogP contribution in [0, 0.1) is 11.3 Å². The largest absolute Gasteiger partial charge is 0.478 e. The molecule has 0 radical (unpaired) electrons. The van der Waals surface area contributed by atoms with E-state index in [-0.39, 0.29) is 16.2 Å². The molecule has 0 bridgehead atoms. The van der Waals surface area contributed by atoms with Crippen molar-refractivity contribution in [1.29, 1.82) is 5.26 Å². The molecule has 0 spiro atoms. The van der Waals surface area contributed by atoms with Crippen molar-refractivity contribution in [3.63, 3.8) is 0 Å². The number of carbonyl (C=O) groups is 2. The first kappa shape index (κ1) is 16.3. The lowest BCUT2D eigenvalue weighted by Gasteiger charge is -2.01. The second-order valence-electron chi connectivity index (χ2n) is 4.45. The Kier molecular flexibility index (Phi) is 4.84. The second-order valence-corrected chi connectivity index (χ2v) is 4.86. The van der Waals surface area contributed by atoms with Crippen molar-refractivity contribution in [1.82, 2.24) is 5.32 Å². The Morgan fingerprint density at radius 2 is 2.09 bits per heavy atom. The molecule has 1 aromatic carbocycles. The van der Waals surface area contributed by atoms with Gasteiger partial charge in [0.15, 0.2) is 0 Å². The lowest BCUT2D eigenvalue weighted by molar-refractivity contribution is -0.116. The Balaban J connectivity index is 2.35. The maximum atomic E-state index is 11.5. The van der Waals surface area contributed by atoms with Crippen LogP contribution in [-0.2, 0) is 4.79 Å². The number of nitrogens with zero attached hydrogens (tertiary/aromatic N) is 1. The third kappa shape index (κ3) is 3.59. The number of nitriles is 1. The van der Waals surface area contributed by atoms with Crippen LogP contribution in [0.5, 0.6) is 0 Å². The zero-order valence-electron chi connectivity index (χ0n) is 12.0. The molecule has 2 aromatic rings. The van der Waals surface area contributed by atoms with E-state index in [0.29, 0.717) is 17.1 Å². The Morgan fingerprint density at radius 3 is 2.65 bits per heavy atom. The van der Waals surface area contributed by atoms with Gasteiger partial charge in [0.05, 0.1) is 10.6 Å². The van der Waals surface area contributed by atoms with Crippen LogP contribution >= 0.6 is 11.6 Å². The average Bonchev–Trinajstić information content (AvgIpc) is 3.00. The van der Waals surface area contributed by atoms with Crippen molar-refractivity contribution in [2.45, 2.75) is 0 Å². The highest BCUT2D eigenvalue weighted by atomic mass is 35.5. The maximum Gasteiger partial charge on any atom is 0.337 e. The summed E-state index contributed by atoms with van der Waals surface area (Å²) in [6.07, 6.45) is 1.32. The minimum absolute atomic E-state index is 0.00604. The molecule has 1 amide bonds. The van der Waals surface area contributed by atoms with Crippen LogP contribution in [0.15, 0.2) is 40.3 Å². The van der Waals surface area contributed by atoms with E-state index in [4.69, 9.17) is 26.4 Å². The number of carboxylic acid groups (broad SMARTS) is 1. The molecular weight excluding hydrogens is 320 g/mol. The summed E-state index contributed by atoms with van der Waals surface area (Å²) in [5, 5.41) is 20.3. The molecule has 116 valence electrons. The van der Waals surface area contributed by atoms with E-state index in [2.05, 4.69) is 5.32 Å². The fourth-order valence-corrected chi connectivity index (χ4v) is 2.11. The number of carbonyl (C=O) groups excluding carboxylic acids is 1. The molecule has 0 unspecified atom stereocenters. The van der Waals surface area contributed by atoms with Gasteiger partial charge in [-0.05, 0) is 24.3 Å². The zero-order chi connectivity index (χ0) is 17.0. The molecule has 23 heavy (non-hydrogen) atoms. The first-order chi connectivity index (χ1) is 11.0. The number of benzene rings is 1. The quantitative estimate of drug-likeness (QED) is 0.662. The van der Waals surface area contributed by atoms with Gasteiger partial charge in [0, 0.05) is 18.7 Å². The van der Waals surface area contributed by atoms with Gasteiger partial charge < -0.3 is 14.8 Å². The number of rotatable bonds is 4. The van der Waals surface area contributed by atoms with Crippen molar-refractivity contribution in [2.24, 2.45) is 0 Å². The number of carboxylic acids is 1. The van der Waals surface area contributed by atoms with Crippen molar-refractivity contribution in [3.05, 3.63) is 52.3 Å². The van der Waals surface area contributed by atoms with Crippen LogP contribution in [0.25, 0.3) is 17.4 Å². The van der Waals surface area contributed by atoms with Crippen LogP contribution in [0.2, 0.25) is 5.02 Å². The summed E-state index contributed by atoms with van der Waals surface area (Å²) in [5.41, 5.74) is 0.485. The van der Waals surface area contributed by atoms with Crippen molar-refractivity contribution >= 4 is 29.6 Å². The van der Waals surface area contributed by atoms with Gasteiger partial charge in [-0.3, -0.25) is 4.79 Å². The predicted molar refractivity (Wildman–Crippen MR) is 83.8 cm³/mol.